The fourth-order valence-corrected chi connectivity index (χ4v) is 2.16. The maximum absolute atomic E-state index is 12.7. The van der Waals surface area contributed by atoms with Crippen LogP contribution >= 0.6 is 11.8 Å². The number of alkyl halides is 3. The van der Waals surface area contributed by atoms with Gasteiger partial charge in [-0.05, 0) is 0 Å². The number of hydrogen-bond donors (Lipinski definition) is 1. The molecule has 19 heavy (non-hydrogen) atoms. The zero-order valence-corrected chi connectivity index (χ0v) is 10.9. The lowest BCUT2D eigenvalue weighted by Crippen LogP contribution is -2.11. The molecule has 0 saturated heterocycles. The predicted octanol–water partition coefficient (Wildman–Crippen LogP) is 2.42. The van der Waals surface area contributed by atoms with E-state index >= 15 is 0 Å². The van der Waals surface area contributed by atoms with E-state index in [0.717, 1.165) is 17.8 Å². The summed E-state index contributed by atoms with van der Waals surface area (Å²) in [6, 6.07) is 0.915. The molecule has 0 aromatic carbocycles. The molecule has 2 aromatic heterocycles. The van der Waals surface area contributed by atoms with E-state index in [1.165, 1.54) is 7.05 Å². The van der Waals surface area contributed by atoms with Crippen LogP contribution in [0.2, 0.25) is 0 Å². The van der Waals surface area contributed by atoms with E-state index in [-0.39, 0.29) is 11.0 Å². The van der Waals surface area contributed by atoms with E-state index in [1.807, 2.05) is 0 Å². The van der Waals surface area contributed by atoms with Gasteiger partial charge >= 0.3 is 6.18 Å². The highest BCUT2D eigenvalue weighted by molar-refractivity contribution is 7.99. The summed E-state index contributed by atoms with van der Waals surface area (Å²) in [5.74, 6) is -0.0683. The Bertz CT molecular complexity index is 581. The van der Waals surface area contributed by atoms with Crippen LogP contribution in [0, 0.1) is 0 Å². The molecular formula is C10H10F3N5S. The van der Waals surface area contributed by atoms with Crippen LogP contribution in [0.25, 0.3) is 0 Å². The highest BCUT2D eigenvalue weighted by Crippen LogP contribution is 2.33. The highest BCUT2D eigenvalue weighted by atomic mass is 32.2. The molecule has 0 unspecified atom stereocenters. The van der Waals surface area contributed by atoms with Gasteiger partial charge < -0.3 is 5.32 Å². The van der Waals surface area contributed by atoms with Crippen LogP contribution in [0.1, 0.15) is 5.69 Å². The van der Waals surface area contributed by atoms with Crippen LogP contribution in [0.3, 0.4) is 0 Å². The molecule has 5 nitrogen and oxygen atoms in total. The first-order valence-electron chi connectivity index (χ1n) is 5.19. The zero-order chi connectivity index (χ0) is 14.0. The van der Waals surface area contributed by atoms with Crippen LogP contribution in [-0.2, 0) is 13.2 Å². The fourth-order valence-electron chi connectivity index (χ4n) is 1.31. The summed E-state index contributed by atoms with van der Waals surface area (Å²) in [5.41, 5.74) is -0.974. The van der Waals surface area contributed by atoms with Crippen molar-refractivity contribution in [3.8, 4) is 0 Å². The molecule has 102 valence electrons. The minimum Gasteiger partial charge on any atom is -0.357 e. The Morgan fingerprint density at radius 2 is 2.05 bits per heavy atom. The molecule has 2 rings (SSSR count). The normalized spacial score (nSPS) is 11.6. The SMILES string of the molecule is CNc1nc(Sc2cnn(C)c2)cc(C(F)(F)F)n1. The molecule has 2 heterocycles. The third-order valence-electron chi connectivity index (χ3n) is 2.12. The van der Waals surface area contributed by atoms with Gasteiger partial charge in [-0.3, -0.25) is 4.68 Å². The number of hydrogen-bond acceptors (Lipinski definition) is 5. The number of aryl methyl sites for hydroxylation is 1. The van der Waals surface area contributed by atoms with Gasteiger partial charge in [0.2, 0.25) is 5.95 Å². The van der Waals surface area contributed by atoms with Crippen molar-refractivity contribution in [2.75, 3.05) is 12.4 Å². The zero-order valence-electron chi connectivity index (χ0n) is 10.1. The Hall–Kier alpha value is -1.77. The van der Waals surface area contributed by atoms with Gasteiger partial charge in [0.05, 0.1) is 11.1 Å². The molecule has 0 fully saturated rings. The molecule has 0 amide bonds. The average molecular weight is 289 g/mol. The number of nitrogens with zero attached hydrogens (tertiary/aromatic N) is 4. The van der Waals surface area contributed by atoms with Gasteiger partial charge in [0.1, 0.15) is 5.03 Å². The quantitative estimate of drug-likeness (QED) is 0.879. The lowest BCUT2D eigenvalue weighted by molar-refractivity contribution is -0.141. The Kier molecular flexibility index (Phi) is 3.65. The summed E-state index contributed by atoms with van der Waals surface area (Å²) < 4.78 is 39.6. The predicted molar refractivity (Wildman–Crippen MR) is 63.9 cm³/mol. The lowest BCUT2D eigenvalue weighted by Gasteiger charge is -2.09. The van der Waals surface area contributed by atoms with Gasteiger partial charge in [-0.15, -0.1) is 0 Å². The van der Waals surface area contributed by atoms with E-state index in [2.05, 4.69) is 20.4 Å². The van der Waals surface area contributed by atoms with Crippen molar-refractivity contribution < 1.29 is 13.2 Å². The number of aromatic nitrogens is 4. The summed E-state index contributed by atoms with van der Waals surface area (Å²) in [5, 5.41) is 6.66. The van der Waals surface area contributed by atoms with Crippen molar-refractivity contribution in [3.05, 3.63) is 24.2 Å². The Morgan fingerprint density at radius 3 is 2.58 bits per heavy atom. The first-order chi connectivity index (χ1) is 8.88. The van der Waals surface area contributed by atoms with Crippen molar-refractivity contribution in [3.63, 3.8) is 0 Å². The summed E-state index contributed by atoms with van der Waals surface area (Å²) in [6.45, 7) is 0. The van der Waals surface area contributed by atoms with Gasteiger partial charge in [-0.2, -0.15) is 18.3 Å². The monoisotopic (exact) mass is 289 g/mol. The maximum Gasteiger partial charge on any atom is 0.433 e. The van der Waals surface area contributed by atoms with Gasteiger partial charge in [0, 0.05) is 26.4 Å². The molecule has 0 saturated carbocycles. The minimum absolute atomic E-state index is 0.0683. The van der Waals surface area contributed by atoms with Crippen molar-refractivity contribution in [2.45, 2.75) is 16.1 Å². The largest absolute Gasteiger partial charge is 0.433 e. The van der Waals surface area contributed by atoms with Gasteiger partial charge in [0.15, 0.2) is 5.69 Å². The molecule has 0 aliphatic carbocycles. The minimum atomic E-state index is -4.50. The van der Waals surface area contributed by atoms with E-state index in [9.17, 15) is 13.2 Å². The Morgan fingerprint density at radius 1 is 1.32 bits per heavy atom. The summed E-state index contributed by atoms with van der Waals surface area (Å²) >= 11 is 1.09. The molecule has 9 heteroatoms. The van der Waals surface area contributed by atoms with Gasteiger partial charge in [-0.25, -0.2) is 9.97 Å². The van der Waals surface area contributed by atoms with Gasteiger partial charge in [0.25, 0.3) is 0 Å². The number of anilines is 1. The average Bonchev–Trinajstić information content (AvgIpc) is 2.73. The number of halogens is 3. The first-order valence-corrected chi connectivity index (χ1v) is 6.00. The fraction of sp³-hybridized carbons (Fsp3) is 0.300. The van der Waals surface area contributed by atoms with Crippen LogP contribution in [0.4, 0.5) is 19.1 Å². The van der Waals surface area contributed by atoms with Crippen molar-refractivity contribution in [1.82, 2.24) is 19.7 Å². The topological polar surface area (TPSA) is 55.6 Å². The molecule has 0 radical (unpaired) electrons. The van der Waals surface area contributed by atoms with E-state index in [0.29, 0.717) is 4.90 Å². The first kappa shape index (κ1) is 13.7. The molecule has 0 aliphatic rings. The highest BCUT2D eigenvalue weighted by Gasteiger charge is 2.33. The van der Waals surface area contributed by atoms with E-state index in [1.54, 1.807) is 24.1 Å². The Balaban J connectivity index is 2.34. The molecule has 0 spiro atoms. The van der Waals surface area contributed by atoms with Crippen molar-refractivity contribution in [1.29, 1.82) is 0 Å². The number of nitrogens with one attached hydrogen (secondary N) is 1. The molecule has 1 N–H and O–H groups in total. The molecular weight excluding hydrogens is 279 g/mol. The third-order valence-corrected chi connectivity index (χ3v) is 2.99. The van der Waals surface area contributed by atoms with Crippen LogP contribution in [-0.4, -0.2) is 26.8 Å². The second-order valence-electron chi connectivity index (χ2n) is 3.61. The van der Waals surface area contributed by atoms with Crippen molar-refractivity contribution >= 4 is 17.7 Å². The van der Waals surface area contributed by atoms with E-state index < -0.39 is 11.9 Å². The maximum atomic E-state index is 12.7. The lowest BCUT2D eigenvalue weighted by atomic mass is 10.4. The molecule has 0 bridgehead atoms. The standard InChI is InChI=1S/C10H10F3N5S/c1-14-9-16-7(10(11,12)13)3-8(17-9)19-6-4-15-18(2)5-6/h3-5H,1-2H3,(H,14,16,17). The van der Waals surface area contributed by atoms with Crippen LogP contribution in [0.15, 0.2) is 28.4 Å². The van der Waals surface area contributed by atoms with Gasteiger partial charge in [-0.1, -0.05) is 11.8 Å². The van der Waals surface area contributed by atoms with Crippen LogP contribution in [0.5, 0.6) is 0 Å². The molecule has 0 aliphatic heterocycles. The molecule has 0 atom stereocenters. The van der Waals surface area contributed by atoms with Crippen molar-refractivity contribution in [2.24, 2.45) is 7.05 Å². The Labute approximate surface area is 111 Å². The summed E-state index contributed by atoms with van der Waals surface area (Å²) in [4.78, 5) is 8.07. The second-order valence-corrected chi connectivity index (χ2v) is 4.71. The van der Waals surface area contributed by atoms with Crippen LogP contribution < -0.4 is 5.32 Å². The number of rotatable bonds is 3. The third kappa shape index (κ3) is 3.37. The van der Waals surface area contributed by atoms with E-state index in [4.69, 9.17) is 0 Å². The summed E-state index contributed by atoms with van der Waals surface area (Å²) in [7, 11) is 3.19. The summed E-state index contributed by atoms with van der Waals surface area (Å²) in [6.07, 6.45) is -1.25. The molecule has 2 aromatic rings. The second kappa shape index (κ2) is 5.08. The smallest absolute Gasteiger partial charge is 0.357 e.